The van der Waals surface area contributed by atoms with E-state index >= 15 is 0 Å². The maximum absolute atomic E-state index is 12.0. The molecule has 1 unspecified atom stereocenters. The number of phenols is 1. The lowest BCUT2D eigenvalue weighted by Gasteiger charge is -2.28. The van der Waals surface area contributed by atoms with Crippen molar-refractivity contribution in [2.75, 3.05) is 6.61 Å². The maximum Gasteiger partial charge on any atom is 0.286 e. The molecule has 1 fully saturated rings. The molecule has 1 aromatic heterocycles. The molecule has 0 radical (unpaired) electrons. The fraction of sp³-hybridized carbons (Fsp3) is 0.484. The Morgan fingerprint density at radius 1 is 0.947 bits per heavy atom. The molecule has 2 N–H and O–H groups in total. The average molecular weight is 554 g/mol. The minimum Gasteiger partial charge on any atom is -0.507 e. The molecule has 5 nitrogen and oxygen atoms in total. The number of hydrogen-bond acceptors (Lipinski definition) is 6. The van der Waals surface area contributed by atoms with Crippen LogP contribution in [0.25, 0.3) is 10.1 Å². The summed E-state index contributed by atoms with van der Waals surface area (Å²) < 4.78 is 7.29. The number of aromatic hydroxyl groups is 1. The summed E-state index contributed by atoms with van der Waals surface area (Å²) in [5.74, 6) is 1.10. The number of aryl methyl sites for hydroxylation is 1. The highest BCUT2D eigenvalue weighted by Gasteiger charge is 2.32. The second-order valence-electron chi connectivity index (χ2n) is 12.2. The molecule has 3 aromatic rings. The number of unbranched alkanes of at least 4 members (excludes halogenated alkanes) is 2. The zero-order valence-corrected chi connectivity index (χ0v) is 24.9. The third-order valence-corrected chi connectivity index (χ3v) is 8.95. The van der Waals surface area contributed by atoms with Crippen molar-refractivity contribution in [2.45, 2.75) is 89.7 Å². The highest BCUT2D eigenvalue weighted by molar-refractivity contribution is 8.15. The Hall–Kier alpha value is -2.51. The fourth-order valence-electron chi connectivity index (χ4n) is 4.88. The van der Waals surface area contributed by atoms with Crippen LogP contribution in [0.3, 0.4) is 0 Å². The predicted molar refractivity (Wildman–Crippen MR) is 159 cm³/mol. The molecule has 1 saturated heterocycles. The predicted octanol–water partition coefficient (Wildman–Crippen LogP) is 7.89. The number of thioether (sulfide) groups is 1. The van der Waals surface area contributed by atoms with Crippen molar-refractivity contribution in [2.24, 2.45) is 0 Å². The normalized spacial score (nSPS) is 16.3. The van der Waals surface area contributed by atoms with Crippen molar-refractivity contribution < 1.29 is 19.4 Å². The summed E-state index contributed by atoms with van der Waals surface area (Å²) >= 11 is 2.71. The molecule has 4 rings (SSSR count). The van der Waals surface area contributed by atoms with E-state index in [1.807, 2.05) is 17.5 Å². The average Bonchev–Trinajstić information content (AvgIpc) is 3.43. The van der Waals surface area contributed by atoms with Gasteiger partial charge in [-0.3, -0.25) is 14.9 Å². The van der Waals surface area contributed by atoms with Gasteiger partial charge in [0.25, 0.3) is 5.24 Å². The third-order valence-electron chi connectivity index (χ3n) is 6.98. The summed E-state index contributed by atoms with van der Waals surface area (Å²) in [5.41, 5.74) is 4.16. The Bertz CT molecular complexity index is 1290. The Morgan fingerprint density at radius 3 is 2.24 bits per heavy atom. The Balaban J connectivity index is 1.32. The van der Waals surface area contributed by atoms with E-state index in [2.05, 4.69) is 65.1 Å². The van der Waals surface area contributed by atoms with Gasteiger partial charge in [-0.05, 0) is 82.7 Å². The zero-order chi connectivity index (χ0) is 27.7. The van der Waals surface area contributed by atoms with Gasteiger partial charge in [0, 0.05) is 10.1 Å². The van der Waals surface area contributed by atoms with Crippen molar-refractivity contribution in [3.05, 3.63) is 58.0 Å². The third kappa shape index (κ3) is 6.55. The summed E-state index contributed by atoms with van der Waals surface area (Å²) in [7, 11) is 0. The first kappa shape index (κ1) is 28.5. The SMILES string of the molecule is CC(C)(C)c1cc(CCCCCOc2ccc(CC3SC(=O)NC3=O)c3sccc23)cc(C(C)(C)C)c1O. The van der Waals surface area contributed by atoms with Crippen LogP contribution in [0, 0.1) is 0 Å². The van der Waals surface area contributed by atoms with Crippen LogP contribution in [0.2, 0.25) is 0 Å². The number of phenolic OH excluding ortho intramolecular Hbond substituents is 1. The number of ether oxygens (including phenoxy) is 1. The van der Waals surface area contributed by atoms with E-state index in [0.29, 0.717) is 18.8 Å². The standard InChI is InChI=1S/C31H39NO4S2/c1-30(2,3)22-16-19(17-23(26(22)33)31(4,5)6)10-8-7-9-14-36-24-12-11-20(27-21(24)13-15-37-27)18-25-28(34)32-29(35)38-25/h11-13,15-17,25,33H,7-10,14,18H2,1-6H3,(H,32,34,35). The van der Waals surface area contributed by atoms with Crippen LogP contribution in [0.4, 0.5) is 4.79 Å². The summed E-state index contributed by atoms with van der Waals surface area (Å²) in [6.07, 6.45) is 4.60. The molecule has 38 heavy (non-hydrogen) atoms. The largest absolute Gasteiger partial charge is 0.507 e. The van der Waals surface area contributed by atoms with Crippen molar-refractivity contribution >= 4 is 44.3 Å². The number of carbonyl (C=O) groups is 2. The second kappa shape index (κ2) is 11.3. The van der Waals surface area contributed by atoms with E-state index in [1.165, 1.54) is 5.56 Å². The lowest BCUT2D eigenvalue weighted by atomic mass is 9.78. The highest BCUT2D eigenvalue weighted by atomic mass is 32.2. The van der Waals surface area contributed by atoms with Crippen molar-refractivity contribution in [3.8, 4) is 11.5 Å². The first-order valence-electron chi connectivity index (χ1n) is 13.3. The first-order chi connectivity index (χ1) is 17.8. The molecule has 0 saturated carbocycles. The number of rotatable bonds is 9. The zero-order valence-electron chi connectivity index (χ0n) is 23.3. The molecule has 2 heterocycles. The van der Waals surface area contributed by atoms with Gasteiger partial charge in [0.2, 0.25) is 5.91 Å². The monoisotopic (exact) mass is 553 g/mol. The van der Waals surface area contributed by atoms with Crippen LogP contribution in [-0.2, 0) is 28.5 Å². The van der Waals surface area contributed by atoms with Gasteiger partial charge < -0.3 is 9.84 Å². The van der Waals surface area contributed by atoms with Gasteiger partial charge in [0.1, 0.15) is 11.5 Å². The number of amides is 2. The van der Waals surface area contributed by atoms with Crippen molar-refractivity contribution in [1.82, 2.24) is 5.32 Å². The van der Waals surface area contributed by atoms with E-state index in [1.54, 1.807) is 11.3 Å². The summed E-state index contributed by atoms with van der Waals surface area (Å²) in [6.45, 7) is 13.6. The van der Waals surface area contributed by atoms with Gasteiger partial charge in [-0.2, -0.15) is 0 Å². The van der Waals surface area contributed by atoms with E-state index in [0.717, 1.165) is 70.0 Å². The molecule has 7 heteroatoms. The Labute approximate surface area is 234 Å². The van der Waals surface area contributed by atoms with Crippen LogP contribution >= 0.6 is 23.1 Å². The summed E-state index contributed by atoms with van der Waals surface area (Å²) in [5, 5.41) is 15.8. The molecular weight excluding hydrogens is 514 g/mol. The summed E-state index contributed by atoms with van der Waals surface area (Å²) in [6, 6.07) is 10.4. The second-order valence-corrected chi connectivity index (χ2v) is 14.3. The molecule has 2 aromatic carbocycles. The van der Waals surface area contributed by atoms with Crippen LogP contribution in [0.15, 0.2) is 35.7 Å². The Morgan fingerprint density at radius 2 is 1.63 bits per heavy atom. The van der Waals surface area contributed by atoms with Crippen LogP contribution in [0.5, 0.6) is 11.5 Å². The Kier molecular flexibility index (Phi) is 8.48. The number of fused-ring (bicyclic) bond motifs is 1. The van der Waals surface area contributed by atoms with Crippen LogP contribution in [-0.4, -0.2) is 28.1 Å². The van der Waals surface area contributed by atoms with Gasteiger partial charge >= 0.3 is 0 Å². The van der Waals surface area contributed by atoms with Crippen molar-refractivity contribution in [3.63, 3.8) is 0 Å². The first-order valence-corrected chi connectivity index (χ1v) is 15.1. The van der Waals surface area contributed by atoms with E-state index in [-0.39, 0.29) is 27.2 Å². The highest BCUT2D eigenvalue weighted by Crippen LogP contribution is 2.40. The van der Waals surface area contributed by atoms with Gasteiger partial charge in [-0.25, -0.2) is 0 Å². The maximum atomic E-state index is 12.0. The smallest absolute Gasteiger partial charge is 0.286 e. The molecule has 1 aliphatic heterocycles. The molecule has 204 valence electrons. The van der Waals surface area contributed by atoms with Gasteiger partial charge in [0.15, 0.2) is 0 Å². The topological polar surface area (TPSA) is 75.6 Å². The minimum atomic E-state index is -0.368. The minimum absolute atomic E-state index is 0.115. The number of imide groups is 1. The van der Waals surface area contributed by atoms with Gasteiger partial charge in [-0.15, -0.1) is 11.3 Å². The van der Waals surface area contributed by atoms with Gasteiger partial charge in [0.05, 0.1) is 11.9 Å². The van der Waals surface area contributed by atoms with Crippen molar-refractivity contribution in [1.29, 1.82) is 0 Å². The number of benzene rings is 2. The number of carbonyl (C=O) groups excluding carboxylic acids is 2. The van der Waals surface area contributed by atoms with Gasteiger partial charge in [-0.1, -0.05) is 71.5 Å². The van der Waals surface area contributed by atoms with E-state index < -0.39 is 0 Å². The molecule has 2 amide bonds. The number of hydrogen-bond donors (Lipinski definition) is 2. The van der Waals surface area contributed by atoms with Crippen LogP contribution < -0.4 is 10.1 Å². The van der Waals surface area contributed by atoms with E-state index in [4.69, 9.17) is 4.74 Å². The molecule has 0 bridgehead atoms. The lowest BCUT2D eigenvalue weighted by Crippen LogP contribution is -2.25. The van der Waals surface area contributed by atoms with E-state index in [9.17, 15) is 14.7 Å². The lowest BCUT2D eigenvalue weighted by molar-refractivity contribution is -0.118. The van der Waals surface area contributed by atoms with Crippen LogP contribution in [0.1, 0.15) is 83.1 Å². The summed E-state index contributed by atoms with van der Waals surface area (Å²) in [4.78, 5) is 23.5. The molecule has 0 spiro atoms. The fourth-order valence-corrected chi connectivity index (χ4v) is 6.67. The number of nitrogens with one attached hydrogen (secondary N) is 1. The molecule has 1 atom stereocenters. The quantitative estimate of drug-likeness (QED) is 0.264. The molecule has 1 aliphatic rings. The molecule has 0 aliphatic carbocycles. The molecular formula is C31H39NO4S2. The number of thiophene rings is 1.